The van der Waals surface area contributed by atoms with Crippen molar-refractivity contribution in [1.29, 1.82) is 0 Å². The van der Waals surface area contributed by atoms with E-state index in [2.05, 4.69) is 11.4 Å². The fourth-order valence-corrected chi connectivity index (χ4v) is 4.82. The molecule has 1 amide bonds. The van der Waals surface area contributed by atoms with Crippen molar-refractivity contribution in [2.75, 3.05) is 17.3 Å². The van der Waals surface area contributed by atoms with E-state index in [9.17, 15) is 9.59 Å². The van der Waals surface area contributed by atoms with Gasteiger partial charge in [0.2, 0.25) is 5.91 Å². The summed E-state index contributed by atoms with van der Waals surface area (Å²) in [5, 5.41) is 3.97. The molecule has 0 bridgehead atoms. The quantitative estimate of drug-likeness (QED) is 0.305. The second-order valence-corrected chi connectivity index (χ2v) is 9.29. The second kappa shape index (κ2) is 9.63. The van der Waals surface area contributed by atoms with E-state index in [1.165, 1.54) is 11.8 Å². The van der Waals surface area contributed by atoms with Crippen molar-refractivity contribution in [2.45, 2.75) is 23.9 Å². The molecule has 0 fully saturated rings. The molecular formula is C25H23N3O2S2. The largest absolute Gasteiger partial charge is 0.325 e. The van der Waals surface area contributed by atoms with E-state index in [1.807, 2.05) is 74.7 Å². The summed E-state index contributed by atoms with van der Waals surface area (Å²) < 4.78 is 1.61. The van der Waals surface area contributed by atoms with Gasteiger partial charge in [0.15, 0.2) is 5.16 Å². The Kier molecular flexibility index (Phi) is 6.67. The summed E-state index contributed by atoms with van der Waals surface area (Å²) in [5.74, 6) is -0.0124. The molecule has 0 saturated heterocycles. The summed E-state index contributed by atoms with van der Waals surface area (Å²) in [6.45, 7) is 4.00. The van der Waals surface area contributed by atoms with Gasteiger partial charge in [-0.05, 0) is 73.7 Å². The minimum absolute atomic E-state index is 0.138. The van der Waals surface area contributed by atoms with Crippen molar-refractivity contribution >= 4 is 46.0 Å². The van der Waals surface area contributed by atoms with Gasteiger partial charge in [-0.25, -0.2) is 4.98 Å². The average molecular weight is 462 g/mol. The van der Waals surface area contributed by atoms with Gasteiger partial charge in [-0.3, -0.25) is 14.2 Å². The third kappa shape index (κ3) is 4.89. The number of para-hydroxylation sites is 1. The van der Waals surface area contributed by atoms with Gasteiger partial charge in [0.25, 0.3) is 5.56 Å². The first-order chi connectivity index (χ1) is 15.4. The predicted octanol–water partition coefficient (Wildman–Crippen LogP) is 5.46. The van der Waals surface area contributed by atoms with E-state index in [1.54, 1.807) is 22.4 Å². The van der Waals surface area contributed by atoms with Gasteiger partial charge in [-0.2, -0.15) is 0 Å². The number of benzene rings is 3. The first kappa shape index (κ1) is 22.2. The summed E-state index contributed by atoms with van der Waals surface area (Å²) in [7, 11) is 0. The van der Waals surface area contributed by atoms with Crippen molar-refractivity contribution in [2.24, 2.45) is 0 Å². The standard InChI is InChI=1S/C25H23N3O2S2/c1-16-11-17(2)13-19(12-16)28-24(30)21-9-4-5-10-22(21)27-25(28)32-15-23(29)26-18-7-6-8-20(14-18)31-3/h4-14H,15H2,1-3H3,(H,26,29). The Bertz CT molecular complexity index is 1340. The van der Waals surface area contributed by atoms with Gasteiger partial charge in [0.05, 0.1) is 22.3 Å². The van der Waals surface area contributed by atoms with Crippen LogP contribution in [-0.2, 0) is 4.79 Å². The van der Waals surface area contributed by atoms with Crippen LogP contribution in [0.5, 0.6) is 0 Å². The number of aromatic nitrogens is 2. The number of thioether (sulfide) groups is 2. The van der Waals surface area contributed by atoms with Crippen LogP contribution >= 0.6 is 23.5 Å². The lowest BCUT2D eigenvalue weighted by molar-refractivity contribution is -0.113. The van der Waals surface area contributed by atoms with Crippen molar-refractivity contribution in [3.05, 3.63) is 88.2 Å². The SMILES string of the molecule is CSc1cccc(NC(=O)CSc2nc3ccccc3c(=O)n2-c2cc(C)cc(C)c2)c1. The zero-order chi connectivity index (χ0) is 22.7. The first-order valence-corrected chi connectivity index (χ1v) is 12.3. The van der Waals surface area contributed by atoms with Crippen molar-refractivity contribution < 1.29 is 4.79 Å². The molecule has 7 heteroatoms. The number of fused-ring (bicyclic) bond motifs is 1. The molecule has 0 aliphatic rings. The maximum Gasteiger partial charge on any atom is 0.266 e. The molecule has 32 heavy (non-hydrogen) atoms. The van der Waals surface area contributed by atoms with E-state index in [0.29, 0.717) is 16.1 Å². The van der Waals surface area contributed by atoms with Crippen molar-refractivity contribution in [1.82, 2.24) is 9.55 Å². The summed E-state index contributed by atoms with van der Waals surface area (Å²) in [4.78, 5) is 31.8. The zero-order valence-corrected chi connectivity index (χ0v) is 19.7. The average Bonchev–Trinajstić information content (AvgIpc) is 2.77. The van der Waals surface area contributed by atoms with Crippen LogP contribution in [0.15, 0.2) is 81.6 Å². The summed E-state index contributed by atoms with van der Waals surface area (Å²) in [6, 6.07) is 21.0. The molecule has 5 nitrogen and oxygen atoms in total. The number of nitrogens with zero attached hydrogens (tertiary/aromatic N) is 2. The molecule has 0 aliphatic heterocycles. The first-order valence-electron chi connectivity index (χ1n) is 10.1. The van der Waals surface area contributed by atoms with E-state index >= 15 is 0 Å². The van der Waals surface area contributed by atoms with Crippen molar-refractivity contribution in [3.63, 3.8) is 0 Å². The number of rotatable bonds is 6. The predicted molar refractivity (Wildman–Crippen MR) is 134 cm³/mol. The fourth-order valence-electron chi connectivity index (χ4n) is 3.54. The van der Waals surface area contributed by atoms with Gasteiger partial charge < -0.3 is 5.32 Å². The Morgan fingerprint density at radius 3 is 2.50 bits per heavy atom. The highest BCUT2D eigenvalue weighted by molar-refractivity contribution is 7.99. The monoisotopic (exact) mass is 461 g/mol. The molecule has 3 aromatic carbocycles. The van der Waals surface area contributed by atoms with Gasteiger partial charge in [0.1, 0.15) is 0 Å². The van der Waals surface area contributed by atoms with E-state index in [-0.39, 0.29) is 17.2 Å². The Morgan fingerprint density at radius 2 is 1.75 bits per heavy atom. The lowest BCUT2D eigenvalue weighted by Gasteiger charge is -2.14. The minimum atomic E-state index is -0.150. The molecule has 0 aliphatic carbocycles. The number of anilines is 1. The molecule has 4 aromatic rings. The normalized spacial score (nSPS) is 11.0. The van der Waals surface area contributed by atoms with Crippen LogP contribution in [0.1, 0.15) is 11.1 Å². The van der Waals surface area contributed by atoms with Crippen molar-refractivity contribution in [3.8, 4) is 5.69 Å². The Balaban J connectivity index is 1.68. The summed E-state index contributed by atoms with van der Waals surface area (Å²) in [6.07, 6.45) is 1.99. The molecule has 0 saturated carbocycles. The third-order valence-corrected chi connectivity index (χ3v) is 6.56. The van der Waals surface area contributed by atoms with Crippen LogP contribution in [0, 0.1) is 13.8 Å². The molecule has 0 atom stereocenters. The lowest BCUT2D eigenvalue weighted by atomic mass is 10.1. The number of aryl methyl sites for hydroxylation is 2. The number of nitrogens with one attached hydrogen (secondary N) is 1. The number of carbonyl (C=O) groups excluding carboxylic acids is 1. The topological polar surface area (TPSA) is 64.0 Å². The van der Waals surface area contributed by atoms with Crippen LogP contribution in [-0.4, -0.2) is 27.5 Å². The summed E-state index contributed by atoms with van der Waals surface area (Å²) in [5.41, 5.74) is 4.09. The lowest BCUT2D eigenvalue weighted by Crippen LogP contribution is -2.23. The highest BCUT2D eigenvalue weighted by Crippen LogP contribution is 2.24. The Hall–Kier alpha value is -3.03. The van der Waals surface area contributed by atoms with Crippen LogP contribution in [0.4, 0.5) is 5.69 Å². The minimum Gasteiger partial charge on any atom is -0.325 e. The molecule has 1 N–H and O–H groups in total. The van der Waals surface area contributed by atoms with Crippen LogP contribution in [0.2, 0.25) is 0 Å². The molecule has 4 rings (SSSR count). The second-order valence-electron chi connectivity index (χ2n) is 7.47. The van der Waals surface area contributed by atoms with Gasteiger partial charge in [-0.15, -0.1) is 11.8 Å². The molecular weight excluding hydrogens is 438 g/mol. The van der Waals surface area contributed by atoms with Crippen LogP contribution in [0.3, 0.4) is 0 Å². The van der Waals surface area contributed by atoms with Gasteiger partial charge >= 0.3 is 0 Å². The number of hydrogen-bond acceptors (Lipinski definition) is 5. The Labute approximate surface area is 195 Å². The van der Waals surface area contributed by atoms with E-state index < -0.39 is 0 Å². The molecule has 1 heterocycles. The maximum absolute atomic E-state index is 13.4. The Morgan fingerprint density at radius 1 is 1.00 bits per heavy atom. The fraction of sp³-hybridized carbons (Fsp3) is 0.160. The molecule has 0 radical (unpaired) electrons. The molecule has 1 aromatic heterocycles. The highest BCUT2D eigenvalue weighted by atomic mass is 32.2. The van der Waals surface area contributed by atoms with Crippen LogP contribution in [0.25, 0.3) is 16.6 Å². The highest BCUT2D eigenvalue weighted by Gasteiger charge is 2.15. The number of carbonyl (C=O) groups is 1. The summed E-state index contributed by atoms with van der Waals surface area (Å²) >= 11 is 2.87. The van der Waals surface area contributed by atoms with E-state index in [4.69, 9.17) is 4.98 Å². The zero-order valence-electron chi connectivity index (χ0n) is 18.1. The molecule has 0 spiro atoms. The smallest absolute Gasteiger partial charge is 0.266 e. The third-order valence-electron chi connectivity index (χ3n) is 4.90. The number of amides is 1. The molecule has 162 valence electrons. The van der Waals surface area contributed by atoms with Gasteiger partial charge in [-0.1, -0.05) is 36.0 Å². The maximum atomic E-state index is 13.4. The number of hydrogen-bond donors (Lipinski definition) is 1. The van der Waals surface area contributed by atoms with E-state index in [0.717, 1.165) is 27.4 Å². The molecule has 0 unspecified atom stereocenters. The van der Waals surface area contributed by atoms with Gasteiger partial charge in [0, 0.05) is 10.6 Å². The van der Waals surface area contributed by atoms with Crippen LogP contribution < -0.4 is 10.9 Å².